The maximum Gasteiger partial charge on any atom is 0.328 e. The molecule has 1 aromatic rings. The van der Waals surface area contributed by atoms with Crippen LogP contribution in [-0.4, -0.2) is 37.0 Å². The van der Waals surface area contributed by atoms with Gasteiger partial charge in [-0.1, -0.05) is 38.1 Å². The van der Waals surface area contributed by atoms with Crippen LogP contribution in [-0.2, 0) is 14.3 Å². The SMILES string of the molecule is COC(=O)[C@H](CCSC)NC(=O)/C=C/c1ccc(C(C)C)cc1. The van der Waals surface area contributed by atoms with Gasteiger partial charge >= 0.3 is 5.97 Å². The summed E-state index contributed by atoms with van der Waals surface area (Å²) < 4.78 is 4.72. The van der Waals surface area contributed by atoms with Crippen molar-refractivity contribution in [1.82, 2.24) is 5.32 Å². The zero-order chi connectivity index (χ0) is 17.2. The molecular weight excluding hydrogens is 310 g/mol. The number of methoxy groups -OCH3 is 1. The molecule has 126 valence electrons. The van der Waals surface area contributed by atoms with Crippen molar-refractivity contribution >= 4 is 29.7 Å². The highest BCUT2D eigenvalue weighted by Crippen LogP contribution is 2.15. The molecule has 0 heterocycles. The third-order valence-electron chi connectivity index (χ3n) is 3.44. The van der Waals surface area contributed by atoms with Crippen molar-refractivity contribution < 1.29 is 14.3 Å². The molecule has 0 aromatic heterocycles. The molecule has 0 fully saturated rings. The number of nitrogens with one attached hydrogen (secondary N) is 1. The van der Waals surface area contributed by atoms with Gasteiger partial charge in [0.15, 0.2) is 0 Å². The Hall–Kier alpha value is -1.75. The van der Waals surface area contributed by atoms with Crippen LogP contribution in [0.3, 0.4) is 0 Å². The molecule has 0 aliphatic carbocycles. The smallest absolute Gasteiger partial charge is 0.328 e. The molecule has 5 heteroatoms. The van der Waals surface area contributed by atoms with E-state index in [9.17, 15) is 9.59 Å². The average Bonchev–Trinajstić information content (AvgIpc) is 2.56. The van der Waals surface area contributed by atoms with Crippen molar-refractivity contribution in [2.75, 3.05) is 19.1 Å². The van der Waals surface area contributed by atoms with Crippen molar-refractivity contribution in [3.8, 4) is 0 Å². The van der Waals surface area contributed by atoms with E-state index in [1.54, 1.807) is 17.8 Å². The Balaban J connectivity index is 2.63. The number of thioether (sulfide) groups is 1. The summed E-state index contributed by atoms with van der Waals surface area (Å²) >= 11 is 1.62. The predicted molar refractivity (Wildman–Crippen MR) is 96.5 cm³/mol. The molecule has 0 bridgehead atoms. The van der Waals surface area contributed by atoms with Crippen molar-refractivity contribution in [3.05, 3.63) is 41.5 Å². The van der Waals surface area contributed by atoms with E-state index in [0.717, 1.165) is 11.3 Å². The number of carbonyl (C=O) groups is 2. The summed E-state index contributed by atoms with van der Waals surface area (Å²) in [6, 6.07) is 7.46. The highest BCUT2D eigenvalue weighted by molar-refractivity contribution is 7.98. The number of benzene rings is 1. The van der Waals surface area contributed by atoms with E-state index in [4.69, 9.17) is 4.74 Å². The fourth-order valence-corrected chi connectivity index (χ4v) is 2.48. The van der Waals surface area contributed by atoms with Crippen LogP contribution in [0.25, 0.3) is 6.08 Å². The van der Waals surface area contributed by atoms with Gasteiger partial charge in [-0.05, 0) is 41.6 Å². The molecule has 4 nitrogen and oxygen atoms in total. The Morgan fingerprint density at radius 1 is 1.26 bits per heavy atom. The summed E-state index contributed by atoms with van der Waals surface area (Å²) in [5, 5.41) is 2.69. The maximum absolute atomic E-state index is 12.0. The normalized spacial score (nSPS) is 12.4. The summed E-state index contributed by atoms with van der Waals surface area (Å²) in [5.74, 6) is 0.547. The molecule has 0 radical (unpaired) electrons. The van der Waals surface area contributed by atoms with Gasteiger partial charge in [0.2, 0.25) is 5.91 Å². The minimum atomic E-state index is -0.604. The fraction of sp³-hybridized carbons (Fsp3) is 0.444. The van der Waals surface area contributed by atoms with E-state index >= 15 is 0 Å². The second kappa shape index (κ2) is 10.1. The first kappa shape index (κ1) is 19.3. The van der Waals surface area contributed by atoms with Crippen LogP contribution in [0.4, 0.5) is 0 Å². The molecule has 1 atom stereocenters. The lowest BCUT2D eigenvalue weighted by Gasteiger charge is -2.14. The number of amides is 1. The van der Waals surface area contributed by atoms with Gasteiger partial charge in [-0.3, -0.25) is 4.79 Å². The van der Waals surface area contributed by atoms with Gasteiger partial charge < -0.3 is 10.1 Å². The molecule has 1 N–H and O–H groups in total. The number of ether oxygens (including phenoxy) is 1. The fourth-order valence-electron chi connectivity index (χ4n) is 2.01. The number of hydrogen-bond donors (Lipinski definition) is 1. The molecular formula is C18H25NO3S. The topological polar surface area (TPSA) is 55.4 Å². The first-order valence-electron chi connectivity index (χ1n) is 7.63. The molecule has 0 saturated carbocycles. The standard InChI is InChI=1S/C18H25NO3S/c1-13(2)15-8-5-14(6-9-15)7-10-17(20)19-16(11-12-23-4)18(21)22-3/h5-10,13,16H,11-12H2,1-4H3,(H,19,20)/b10-7+/t16-/m0/s1. The van der Waals surface area contributed by atoms with Crippen LogP contribution in [0, 0.1) is 0 Å². The third-order valence-corrected chi connectivity index (χ3v) is 4.09. The Bertz CT molecular complexity index is 538. The van der Waals surface area contributed by atoms with Gasteiger partial charge in [-0.15, -0.1) is 0 Å². The minimum Gasteiger partial charge on any atom is -0.467 e. The summed E-state index contributed by atoms with van der Waals surface area (Å²) in [5.41, 5.74) is 2.21. The summed E-state index contributed by atoms with van der Waals surface area (Å²) in [6.07, 6.45) is 5.69. The molecule has 1 amide bonds. The highest BCUT2D eigenvalue weighted by Gasteiger charge is 2.19. The van der Waals surface area contributed by atoms with Gasteiger partial charge in [0, 0.05) is 6.08 Å². The minimum absolute atomic E-state index is 0.297. The van der Waals surface area contributed by atoms with Gasteiger partial charge in [0.25, 0.3) is 0 Å². The maximum atomic E-state index is 12.0. The van der Waals surface area contributed by atoms with Crippen molar-refractivity contribution in [3.63, 3.8) is 0 Å². The molecule has 23 heavy (non-hydrogen) atoms. The second-order valence-electron chi connectivity index (χ2n) is 5.52. The van der Waals surface area contributed by atoms with E-state index in [1.807, 2.05) is 18.4 Å². The number of esters is 1. The van der Waals surface area contributed by atoms with Crippen LogP contribution in [0.15, 0.2) is 30.3 Å². The monoisotopic (exact) mass is 335 g/mol. The van der Waals surface area contributed by atoms with E-state index < -0.39 is 12.0 Å². The van der Waals surface area contributed by atoms with E-state index in [1.165, 1.54) is 18.7 Å². The highest BCUT2D eigenvalue weighted by atomic mass is 32.2. The summed E-state index contributed by atoms with van der Waals surface area (Å²) in [7, 11) is 1.33. The molecule has 0 unspecified atom stereocenters. The molecule has 0 saturated heterocycles. The first-order valence-corrected chi connectivity index (χ1v) is 9.02. The lowest BCUT2D eigenvalue weighted by atomic mass is 10.0. The lowest BCUT2D eigenvalue weighted by Crippen LogP contribution is -2.41. The predicted octanol–water partition coefficient (Wildman–Crippen LogP) is 3.23. The Labute approximate surface area is 142 Å². The number of hydrogen-bond acceptors (Lipinski definition) is 4. The zero-order valence-corrected chi connectivity index (χ0v) is 15.0. The van der Waals surface area contributed by atoms with Gasteiger partial charge in [0.05, 0.1) is 7.11 Å². The summed E-state index contributed by atoms with van der Waals surface area (Å²) in [6.45, 7) is 4.28. The average molecular weight is 335 g/mol. The number of carbonyl (C=O) groups excluding carboxylic acids is 2. The quantitative estimate of drug-likeness (QED) is 0.585. The Morgan fingerprint density at radius 3 is 2.43 bits per heavy atom. The van der Waals surface area contributed by atoms with Crippen LogP contribution >= 0.6 is 11.8 Å². The van der Waals surface area contributed by atoms with Crippen molar-refractivity contribution in [1.29, 1.82) is 0 Å². The Kier molecular flexibility index (Phi) is 8.48. The van der Waals surface area contributed by atoms with E-state index in [2.05, 4.69) is 31.3 Å². The van der Waals surface area contributed by atoms with Crippen LogP contribution in [0.5, 0.6) is 0 Å². The van der Waals surface area contributed by atoms with Crippen LogP contribution in [0.2, 0.25) is 0 Å². The number of rotatable bonds is 8. The Morgan fingerprint density at radius 2 is 1.91 bits per heavy atom. The van der Waals surface area contributed by atoms with Crippen LogP contribution < -0.4 is 5.32 Å². The van der Waals surface area contributed by atoms with Crippen molar-refractivity contribution in [2.45, 2.75) is 32.2 Å². The molecule has 0 aliphatic heterocycles. The van der Waals surface area contributed by atoms with Gasteiger partial charge in [0.1, 0.15) is 6.04 Å². The van der Waals surface area contributed by atoms with E-state index in [-0.39, 0.29) is 5.91 Å². The van der Waals surface area contributed by atoms with Gasteiger partial charge in [-0.2, -0.15) is 11.8 Å². The molecule has 0 spiro atoms. The first-order chi connectivity index (χ1) is 11.0. The largest absolute Gasteiger partial charge is 0.467 e. The molecule has 1 aromatic carbocycles. The second-order valence-corrected chi connectivity index (χ2v) is 6.51. The molecule has 1 rings (SSSR count). The zero-order valence-electron chi connectivity index (χ0n) is 14.2. The third kappa shape index (κ3) is 6.91. The lowest BCUT2D eigenvalue weighted by molar-refractivity contribution is -0.144. The van der Waals surface area contributed by atoms with Crippen molar-refractivity contribution in [2.24, 2.45) is 0 Å². The molecule has 0 aliphatic rings. The van der Waals surface area contributed by atoms with Crippen LogP contribution in [0.1, 0.15) is 37.3 Å². The van der Waals surface area contributed by atoms with Gasteiger partial charge in [-0.25, -0.2) is 4.79 Å². The van der Waals surface area contributed by atoms with E-state index in [0.29, 0.717) is 12.3 Å². The summed E-state index contributed by atoms with van der Waals surface area (Å²) in [4.78, 5) is 23.6.